The summed E-state index contributed by atoms with van der Waals surface area (Å²) in [7, 11) is 0. The summed E-state index contributed by atoms with van der Waals surface area (Å²) < 4.78 is 4.94. The molecule has 0 unspecified atom stereocenters. The number of carbonyl (C=O) groups is 2. The van der Waals surface area contributed by atoms with Crippen LogP contribution < -0.4 is 5.32 Å². The van der Waals surface area contributed by atoms with Crippen molar-refractivity contribution in [3.63, 3.8) is 0 Å². The Morgan fingerprint density at radius 3 is 2.89 bits per heavy atom. The lowest BCUT2D eigenvalue weighted by atomic mass is 9.97. The Labute approximate surface area is 164 Å². The number of allylic oxidation sites excluding steroid dienone is 1. The average Bonchev–Trinajstić information content (AvgIpc) is 2.68. The minimum absolute atomic E-state index is 0.108. The van der Waals surface area contributed by atoms with Crippen molar-refractivity contribution in [3.8, 4) is 6.07 Å². The number of thioether (sulfide) groups is 1. The van der Waals surface area contributed by atoms with E-state index >= 15 is 0 Å². The van der Waals surface area contributed by atoms with E-state index in [4.69, 9.17) is 4.74 Å². The van der Waals surface area contributed by atoms with E-state index in [2.05, 4.69) is 16.4 Å². The first-order valence-corrected chi connectivity index (χ1v) is 10.1. The molecule has 2 rings (SSSR count). The molecule has 1 aliphatic carbocycles. The van der Waals surface area contributed by atoms with Crippen LogP contribution >= 0.6 is 11.8 Å². The van der Waals surface area contributed by atoms with Crippen LogP contribution in [0.15, 0.2) is 28.8 Å². The van der Waals surface area contributed by atoms with Gasteiger partial charge >= 0.3 is 5.97 Å². The number of hydrogen-bond donors (Lipinski definition) is 1. The van der Waals surface area contributed by atoms with Crippen LogP contribution in [0.1, 0.15) is 62.0 Å². The Balaban J connectivity index is 1.94. The molecule has 0 fully saturated rings. The maximum absolute atomic E-state index is 12.4. The maximum atomic E-state index is 12.4. The molecule has 1 heterocycles. The fourth-order valence-electron chi connectivity index (χ4n) is 2.78. The molecule has 1 atom stereocenters. The van der Waals surface area contributed by atoms with Gasteiger partial charge in [-0.25, -0.2) is 9.78 Å². The molecule has 1 amide bonds. The summed E-state index contributed by atoms with van der Waals surface area (Å²) in [4.78, 5) is 28.4. The number of esters is 1. The highest BCUT2D eigenvalue weighted by Crippen LogP contribution is 2.25. The van der Waals surface area contributed by atoms with Crippen LogP contribution in [-0.4, -0.2) is 35.3 Å². The van der Waals surface area contributed by atoms with Gasteiger partial charge in [-0.15, -0.1) is 0 Å². The number of rotatable bonds is 8. The van der Waals surface area contributed by atoms with Gasteiger partial charge in [-0.2, -0.15) is 5.26 Å². The number of ether oxygens (including phenoxy) is 1. The van der Waals surface area contributed by atoms with Crippen molar-refractivity contribution in [2.75, 3.05) is 13.2 Å². The van der Waals surface area contributed by atoms with E-state index in [0.717, 1.165) is 19.3 Å². The molecule has 144 valence electrons. The van der Waals surface area contributed by atoms with E-state index in [0.29, 0.717) is 17.1 Å². The van der Waals surface area contributed by atoms with Crippen molar-refractivity contribution in [3.05, 3.63) is 35.0 Å². The summed E-state index contributed by atoms with van der Waals surface area (Å²) in [5.41, 5.74) is 1.88. The number of pyridine rings is 1. The highest BCUT2D eigenvalue weighted by atomic mass is 32.2. The second kappa shape index (κ2) is 10.7. The maximum Gasteiger partial charge on any atom is 0.356 e. The Morgan fingerprint density at radius 1 is 1.41 bits per heavy atom. The summed E-state index contributed by atoms with van der Waals surface area (Å²) in [6.07, 6.45) is 7.89. The zero-order valence-electron chi connectivity index (χ0n) is 15.8. The first-order chi connectivity index (χ1) is 13.0. The number of nitriles is 1. The summed E-state index contributed by atoms with van der Waals surface area (Å²) in [5.74, 6) is -0.648. The molecule has 0 bridgehead atoms. The normalized spacial score (nSPS) is 14.6. The monoisotopic (exact) mass is 387 g/mol. The van der Waals surface area contributed by atoms with Crippen molar-refractivity contribution >= 4 is 23.6 Å². The third-order valence-corrected chi connectivity index (χ3v) is 5.36. The summed E-state index contributed by atoms with van der Waals surface area (Å²) in [6.45, 7) is 4.34. The lowest BCUT2D eigenvalue weighted by Gasteiger charge is -2.15. The van der Waals surface area contributed by atoms with Crippen LogP contribution in [0.5, 0.6) is 0 Å². The molecule has 1 aromatic heterocycles. The van der Waals surface area contributed by atoms with Crippen molar-refractivity contribution < 1.29 is 14.3 Å². The van der Waals surface area contributed by atoms with Crippen LogP contribution in [0.25, 0.3) is 0 Å². The first-order valence-electron chi connectivity index (χ1n) is 9.25. The highest BCUT2D eigenvalue weighted by molar-refractivity contribution is 8.00. The quantitative estimate of drug-likeness (QED) is 0.416. The Morgan fingerprint density at radius 2 is 2.22 bits per heavy atom. The fourth-order valence-corrected chi connectivity index (χ4v) is 3.69. The summed E-state index contributed by atoms with van der Waals surface area (Å²) >= 11 is 1.17. The zero-order valence-corrected chi connectivity index (χ0v) is 16.6. The van der Waals surface area contributed by atoms with Crippen molar-refractivity contribution in [2.24, 2.45) is 0 Å². The Bertz CT molecular complexity index is 755. The second-order valence-electron chi connectivity index (χ2n) is 6.29. The van der Waals surface area contributed by atoms with E-state index in [1.807, 2.05) is 6.07 Å². The van der Waals surface area contributed by atoms with Gasteiger partial charge < -0.3 is 10.1 Å². The number of nitrogens with one attached hydrogen (secondary N) is 1. The standard InChI is InChI=1S/C20H25N3O3S/c1-3-26-20(25)17-10-9-16(13-21)19(23-17)27-14(2)18(24)22-12-11-15-7-5-4-6-8-15/h7,9-10,14H,3-6,8,11-12H2,1-2H3,(H,22,24)/t14-/m1/s1. The predicted octanol–water partition coefficient (Wildman–Crippen LogP) is 3.62. The summed E-state index contributed by atoms with van der Waals surface area (Å²) in [5, 5.41) is 12.1. The van der Waals surface area contributed by atoms with Gasteiger partial charge in [0.15, 0.2) is 0 Å². The average molecular weight is 388 g/mol. The highest BCUT2D eigenvalue weighted by Gasteiger charge is 2.19. The number of hydrogen-bond acceptors (Lipinski definition) is 6. The molecular weight excluding hydrogens is 362 g/mol. The third-order valence-electron chi connectivity index (χ3n) is 4.25. The Kier molecular flexibility index (Phi) is 8.34. The van der Waals surface area contributed by atoms with Gasteiger partial charge in [0.1, 0.15) is 16.8 Å². The molecule has 7 heteroatoms. The van der Waals surface area contributed by atoms with Gasteiger partial charge in [-0.05, 0) is 58.1 Å². The van der Waals surface area contributed by atoms with Gasteiger partial charge in [-0.3, -0.25) is 4.79 Å². The van der Waals surface area contributed by atoms with Crippen LogP contribution in [-0.2, 0) is 9.53 Å². The second-order valence-corrected chi connectivity index (χ2v) is 7.62. The molecule has 0 saturated carbocycles. The molecule has 0 radical (unpaired) electrons. The number of aromatic nitrogens is 1. The van der Waals surface area contributed by atoms with E-state index < -0.39 is 11.2 Å². The number of amides is 1. The molecule has 0 aromatic carbocycles. The molecule has 6 nitrogen and oxygen atoms in total. The van der Waals surface area contributed by atoms with E-state index in [1.165, 1.54) is 42.3 Å². The van der Waals surface area contributed by atoms with Crippen LogP contribution in [0.3, 0.4) is 0 Å². The van der Waals surface area contributed by atoms with Crippen molar-refractivity contribution in [1.82, 2.24) is 10.3 Å². The predicted molar refractivity (Wildman–Crippen MR) is 104 cm³/mol. The minimum atomic E-state index is -0.540. The molecule has 27 heavy (non-hydrogen) atoms. The van der Waals surface area contributed by atoms with Gasteiger partial charge in [0.05, 0.1) is 17.4 Å². The third kappa shape index (κ3) is 6.40. The van der Waals surface area contributed by atoms with E-state index in [-0.39, 0.29) is 18.2 Å². The fraction of sp³-hybridized carbons (Fsp3) is 0.500. The molecule has 0 aliphatic heterocycles. The van der Waals surface area contributed by atoms with Gasteiger partial charge in [0.25, 0.3) is 0 Å². The zero-order chi connectivity index (χ0) is 19.6. The lowest BCUT2D eigenvalue weighted by molar-refractivity contribution is -0.120. The molecule has 0 spiro atoms. The van der Waals surface area contributed by atoms with E-state index in [1.54, 1.807) is 13.8 Å². The molecule has 1 aromatic rings. The Hall–Kier alpha value is -2.33. The lowest BCUT2D eigenvalue weighted by Crippen LogP contribution is -2.32. The molecular formula is C20H25N3O3S. The van der Waals surface area contributed by atoms with Gasteiger partial charge in [0, 0.05) is 6.54 Å². The van der Waals surface area contributed by atoms with Crippen molar-refractivity contribution in [1.29, 1.82) is 5.26 Å². The smallest absolute Gasteiger partial charge is 0.356 e. The molecule has 0 saturated heterocycles. The van der Waals surface area contributed by atoms with Crippen LogP contribution in [0.4, 0.5) is 0 Å². The SMILES string of the molecule is CCOC(=O)c1ccc(C#N)c(S[C@H](C)C(=O)NCCC2=CCCCC2)n1. The van der Waals surface area contributed by atoms with Crippen LogP contribution in [0, 0.1) is 11.3 Å². The largest absolute Gasteiger partial charge is 0.461 e. The van der Waals surface area contributed by atoms with Gasteiger partial charge in [-0.1, -0.05) is 23.4 Å². The molecule has 1 aliphatic rings. The topological polar surface area (TPSA) is 92.1 Å². The number of carbonyl (C=O) groups excluding carboxylic acids is 2. The minimum Gasteiger partial charge on any atom is -0.461 e. The van der Waals surface area contributed by atoms with E-state index in [9.17, 15) is 14.9 Å². The summed E-state index contributed by atoms with van der Waals surface area (Å²) in [6, 6.07) is 5.04. The van der Waals surface area contributed by atoms with Gasteiger partial charge in [0.2, 0.25) is 5.91 Å². The molecule has 1 N–H and O–H groups in total. The number of nitrogens with zero attached hydrogens (tertiary/aromatic N) is 2. The van der Waals surface area contributed by atoms with Crippen LogP contribution in [0.2, 0.25) is 0 Å². The van der Waals surface area contributed by atoms with Crippen molar-refractivity contribution in [2.45, 2.75) is 56.2 Å². The first kappa shape index (κ1) is 21.0.